The van der Waals surface area contributed by atoms with Crippen LogP contribution in [0.4, 0.5) is 4.39 Å². The van der Waals surface area contributed by atoms with Gasteiger partial charge >= 0.3 is 0 Å². The fourth-order valence-electron chi connectivity index (χ4n) is 4.27. The molecule has 0 N–H and O–H groups in total. The summed E-state index contributed by atoms with van der Waals surface area (Å²) in [7, 11) is 1.52. The zero-order valence-electron chi connectivity index (χ0n) is 21.1. The van der Waals surface area contributed by atoms with Crippen molar-refractivity contribution < 1.29 is 18.7 Å². The first-order valence-electron chi connectivity index (χ1n) is 12.4. The van der Waals surface area contributed by atoms with Crippen LogP contribution in [0.2, 0.25) is 0 Å². The third kappa shape index (κ3) is 5.42. The third-order valence-corrected chi connectivity index (χ3v) is 7.14. The molecule has 2 aromatic heterocycles. The predicted octanol–water partition coefficient (Wildman–Crippen LogP) is 7.32. The Labute approximate surface area is 206 Å². The summed E-state index contributed by atoms with van der Waals surface area (Å²) in [5.41, 5.74) is 4.04. The number of nitrogens with zero attached hydrogens (tertiary/aromatic N) is 2. The molecule has 3 aromatic rings. The molecule has 0 amide bonds. The van der Waals surface area contributed by atoms with E-state index < -0.39 is 6.36 Å². The van der Waals surface area contributed by atoms with E-state index in [1.165, 1.54) is 31.6 Å². The number of carbonyl (C=O) groups is 1. The van der Waals surface area contributed by atoms with E-state index in [4.69, 9.17) is 9.47 Å². The van der Waals surface area contributed by atoms with Gasteiger partial charge in [-0.2, -0.15) is 5.10 Å². The number of methoxy groups -OCH3 is 1. The molecule has 0 spiro atoms. The highest BCUT2D eigenvalue weighted by molar-refractivity contribution is 6.02. The number of ether oxygens (including phenoxy) is 2. The van der Waals surface area contributed by atoms with Gasteiger partial charge in [-0.15, -0.1) is 6.58 Å². The molecule has 1 aliphatic rings. The lowest BCUT2D eigenvalue weighted by Crippen LogP contribution is -2.16. The van der Waals surface area contributed by atoms with Crippen molar-refractivity contribution in [2.24, 2.45) is 5.92 Å². The van der Waals surface area contributed by atoms with Gasteiger partial charge in [0.2, 0.25) is 6.36 Å². The second kappa shape index (κ2) is 10.2. The molecule has 6 heteroatoms. The number of rotatable bonds is 12. The summed E-state index contributed by atoms with van der Waals surface area (Å²) in [6.07, 6.45) is 8.28. The molecule has 0 radical (unpaired) electrons. The van der Waals surface area contributed by atoms with E-state index in [-0.39, 0.29) is 23.4 Å². The van der Waals surface area contributed by atoms with Crippen LogP contribution in [-0.4, -0.2) is 28.9 Å². The molecule has 1 atom stereocenters. The van der Waals surface area contributed by atoms with Gasteiger partial charge in [-0.3, -0.25) is 4.79 Å². The van der Waals surface area contributed by atoms with E-state index >= 15 is 0 Å². The molecule has 4 rings (SSSR count). The number of benzene rings is 1. The lowest BCUT2D eigenvalue weighted by molar-refractivity contribution is 0.0683. The standard InChI is InChI=1S/C29H35FN2O3/c1-6-8-27(30)35-26-16-20(15-25(34-5)28(26)24(33)14-11-19-9-10-19)22-17-31-32-18-21(12-13-23(22)32)29(3,4)7-2/h6,12-13,15-19,27H,1,7-11,14H2,2-5H3. The quantitative estimate of drug-likeness (QED) is 0.202. The summed E-state index contributed by atoms with van der Waals surface area (Å²) in [5, 5.41) is 4.57. The molecule has 35 heavy (non-hydrogen) atoms. The van der Waals surface area contributed by atoms with Crippen LogP contribution >= 0.6 is 0 Å². The highest BCUT2D eigenvalue weighted by atomic mass is 19.1. The molecular formula is C29H35FN2O3. The Bertz CT molecular complexity index is 1230. The smallest absolute Gasteiger partial charge is 0.241 e. The molecule has 2 heterocycles. The van der Waals surface area contributed by atoms with Gasteiger partial charge in [0.05, 0.1) is 18.8 Å². The van der Waals surface area contributed by atoms with Crippen molar-refractivity contribution in [3.63, 3.8) is 0 Å². The summed E-state index contributed by atoms with van der Waals surface area (Å²) < 4.78 is 27.7. The molecular weight excluding hydrogens is 443 g/mol. The fraction of sp³-hybridized carbons (Fsp3) is 0.448. The van der Waals surface area contributed by atoms with Gasteiger partial charge in [-0.25, -0.2) is 8.91 Å². The number of pyridine rings is 1. The van der Waals surface area contributed by atoms with Gasteiger partial charge in [0.15, 0.2) is 5.78 Å². The minimum atomic E-state index is -1.61. The summed E-state index contributed by atoms with van der Waals surface area (Å²) >= 11 is 0. The highest BCUT2D eigenvalue weighted by Gasteiger charge is 2.27. The maximum atomic E-state index is 14.5. The number of halogens is 1. The van der Waals surface area contributed by atoms with Crippen LogP contribution < -0.4 is 9.47 Å². The number of ketones is 1. The van der Waals surface area contributed by atoms with Crippen LogP contribution in [0.5, 0.6) is 11.5 Å². The average molecular weight is 479 g/mol. The van der Waals surface area contributed by atoms with E-state index in [0.29, 0.717) is 23.7 Å². The Hall–Kier alpha value is -3.15. The van der Waals surface area contributed by atoms with Gasteiger partial charge in [0.25, 0.3) is 0 Å². The van der Waals surface area contributed by atoms with Crippen LogP contribution in [-0.2, 0) is 5.41 Å². The zero-order valence-corrected chi connectivity index (χ0v) is 21.1. The SMILES string of the molecule is C=CCC(F)Oc1cc(-c2cnn3cc(C(C)(C)CC)ccc23)cc(OC)c1C(=O)CCC1CC1. The average Bonchev–Trinajstić information content (AvgIpc) is 3.58. The van der Waals surface area contributed by atoms with Crippen LogP contribution in [0.25, 0.3) is 16.6 Å². The highest BCUT2D eigenvalue weighted by Crippen LogP contribution is 2.40. The number of alkyl halides is 1. The second-order valence-corrected chi connectivity index (χ2v) is 10.1. The molecule has 0 saturated heterocycles. The normalized spacial score (nSPS) is 14.7. The van der Waals surface area contributed by atoms with Gasteiger partial charge in [0, 0.05) is 24.6 Å². The molecule has 0 aliphatic heterocycles. The molecule has 1 unspecified atom stereocenters. The summed E-state index contributed by atoms with van der Waals surface area (Å²) in [6, 6.07) is 7.71. The van der Waals surface area contributed by atoms with E-state index in [1.54, 1.807) is 12.3 Å². The molecule has 0 bridgehead atoms. The van der Waals surface area contributed by atoms with Crippen LogP contribution in [0, 0.1) is 5.92 Å². The fourth-order valence-corrected chi connectivity index (χ4v) is 4.27. The van der Waals surface area contributed by atoms with Crippen molar-refractivity contribution in [3.05, 3.63) is 60.4 Å². The number of hydrogen-bond acceptors (Lipinski definition) is 4. The first-order chi connectivity index (χ1) is 16.8. The minimum Gasteiger partial charge on any atom is -0.496 e. The third-order valence-electron chi connectivity index (χ3n) is 7.14. The van der Waals surface area contributed by atoms with Crippen molar-refractivity contribution >= 4 is 11.3 Å². The van der Waals surface area contributed by atoms with E-state index in [1.807, 2.05) is 16.6 Å². The Morgan fingerprint density at radius 1 is 1.31 bits per heavy atom. The Balaban J connectivity index is 1.77. The largest absolute Gasteiger partial charge is 0.496 e. The monoisotopic (exact) mass is 478 g/mol. The molecule has 5 nitrogen and oxygen atoms in total. The van der Waals surface area contributed by atoms with Crippen molar-refractivity contribution in [3.8, 4) is 22.6 Å². The van der Waals surface area contributed by atoms with Crippen molar-refractivity contribution in [1.82, 2.24) is 9.61 Å². The lowest BCUT2D eigenvalue weighted by atomic mass is 9.83. The van der Waals surface area contributed by atoms with Gasteiger partial charge < -0.3 is 9.47 Å². The summed E-state index contributed by atoms with van der Waals surface area (Å²) in [6.45, 7) is 10.2. The van der Waals surface area contributed by atoms with Crippen molar-refractivity contribution in [2.45, 2.75) is 71.1 Å². The lowest BCUT2D eigenvalue weighted by Gasteiger charge is -2.23. The van der Waals surface area contributed by atoms with Gasteiger partial charge in [-0.1, -0.05) is 45.8 Å². The molecule has 1 fully saturated rings. The minimum absolute atomic E-state index is 0.0228. The van der Waals surface area contributed by atoms with Crippen molar-refractivity contribution in [1.29, 1.82) is 0 Å². The van der Waals surface area contributed by atoms with Crippen molar-refractivity contribution in [2.75, 3.05) is 7.11 Å². The first-order valence-corrected chi connectivity index (χ1v) is 12.4. The first kappa shape index (κ1) is 25.0. The number of fused-ring (bicyclic) bond motifs is 1. The molecule has 1 aromatic carbocycles. The zero-order chi connectivity index (χ0) is 25.2. The maximum Gasteiger partial charge on any atom is 0.241 e. The van der Waals surface area contributed by atoms with E-state index in [0.717, 1.165) is 29.5 Å². The Kier molecular flexibility index (Phi) is 7.29. The van der Waals surface area contributed by atoms with Crippen LogP contribution in [0.15, 0.2) is 49.3 Å². The summed E-state index contributed by atoms with van der Waals surface area (Å²) in [4.78, 5) is 13.2. The predicted molar refractivity (Wildman–Crippen MR) is 137 cm³/mol. The molecule has 186 valence electrons. The van der Waals surface area contributed by atoms with Crippen LogP contribution in [0.3, 0.4) is 0 Å². The second-order valence-electron chi connectivity index (χ2n) is 10.1. The van der Waals surface area contributed by atoms with Gasteiger partial charge in [-0.05, 0) is 53.5 Å². The number of aromatic nitrogens is 2. The van der Waals surface area contributed by atoms with Gasteiger partial charge in [0.1, 0.15) is 17.1 Å². The van der Waals surface area contributed by atoms with E-state index in [2.05, 4.69) is 44.7 Å². The topological polar surface area (TPSA) is 52.8 Å². The number of carbonyl (C=O) groups excluding carboxylic acids is 1. The number of Topliss-reactive ketones (excluding diaryl/α,β-unsaturated/α-hetero) is 1. The molecule has 1 saturated carbocycles. The maximum absolute atomic E-state index is 14.5. The van der Waals surface area contributed by atoms with Crippen LogP contribution in [0.1, 0.15) is 75.2 Å². The molecule has 1 aliphatic carbocycles. The Morgan fingerprint density at radius 2 is 2.06 bits per heavy atom. The summed E-state index contributed by atoms with van der Waals surface area (Å²) in [5.74, 6) is 1.10. The Morgan fingerprint density at radius 3 is 2.71 bits per heavy atom. The van der Waals surface area contributed by atoms with E-state index in [9.17, 15) is 9.18 Å². The number of hydrogen-bond donors (Lipinski definition) is 0.